The Morgan fingerprint density at radius 3 is 2.10 bits per heavy atom. The maximum atomic E-state index is 14.0. The molecule has 4 rings (SSSR count). The summed E-state index contributed by atoms with van der Waals surface area (Å²) < 4.78 is 10.4. The minimum absolute atomic E-state index is 0.0946. The monoisotopic (exact) mass is 584 g/mol. The lowest BCUT2D eigenvalue weighted by atomic mass is 9.81. The Kier molecular flexibility index (Phi) is 7.75. The number of benzene rings is 2. The number of rotatable bonds is 4. The highest BCUT2D eigenvalue weighted by molar-refractivity contribution is 8.29. The van der Waals surface area contributed by atoms with Gasteiger partial charge in [-0.3, -0.25) is 19.8 Å². The molecular formula is C27H24N2O7S3. The number of nitro groups is 1. The zero-order chi connectivity index (χ0) is 28.8. The molecule has 2 aliphatic heterocycles. The van der Waals surface area contributed by atoms with Crippen LogP contribution in [0.4, 0.5) is 11.4 Å². The average Bonchev–Trinajstić information content (AvgIpc) is 3.33. The predicted octanol–water partition coefficient (Wildman–Crippen LogP) is 5.73. The fourth-order valence-electron chi connectivity index (χ4n) is 4.45. The molecule has 9 nitrogen and oxygen atoms in total. The molecule has 0 saturated heterocycles. The fourth-order valence-corrected chi connectivity index (χ4v) is 7.48. The molecule has 2 aromatic rings. The predicted molar refractivity (Wildman–Crippen MR) is 156 cm³/mol. The number of anilines is 1. The standard InChI is InChI=1S/C27H24N2O7S3/c1-13-10-11-15(12-17(13)29(33)34)23(30)28-19-14(2)8-7-9-16(19)18(22(37)27(28,3)4)26-38-20(24(31)35-5)21(39-26)25(32)36-6/h7-12H,1-6H3. The molecule has 0 radical (unpaired) electrons. The van der Waals surface area contributed by atoms with Gasteiger partial charge in [0, 0.05) is 28.3 Å². The number of thioether (sulfide) groups is 2. The van der Waals surface area contributed by atoms with E-state index in [4.69, 9.17) is 21.7 Å². The Labute approximate surface area is 238 Å². The van der Waals surface area contributed by atoms with Gasteiger partial charge in [0.2, 0.25) is 0 Å². The van der Waals surface area contributed by atoms with Gasteiger partial charge in [0.25, 0.3) is 11.6 Å². The van der Waals surface area contributed by atoms with Crippen LogP contribution in [0.1, 0.15) is 40.9 Å². The van der Waals surface area contributed by atoms with Crippen molar-refractivity contribution < 1.29 is 28.8 Å². The van der Waals surface area contributed by atoms with Gasteiger partial charge >= 0.3 is 11.9 Å². The van der Waals surface area contributed by atoms with Gasteiger partial charge in [-0.2, -0.15) is 0 Å². The highest BCUT2D eigenvalue weighted by atomic mass is 32.2. The normalized spacial score (nSPS) is 16.3. The average molecular weight is 585 g/mol. The topological polar surface area (TPSA) is 116 Å². The van der Waals surface area contributed by atoms with Crippen molar-refractivity contribution in [2.75, 3.05) is 19.1 Å². The third-order valence-corrected chi connectivity index (χ3v) is 9.73. The number of hydrogen-bond donors (Lipinski definition) is 0. The molecule has 202 valence electrons. The quantitative estimate of drug-likeness (QED) is 0.145. The van der Waals surface area contributed by atoms with Gasteiger partial charge in [-0.25, -0.2) is 9.59 Å². The van der Waals surface area contributed by atoms with Crippen molar-refractivity contribution in [3.05, 3.63) is 82.8 Å². The number of hydrogen-bond acceptors (Lipinski definition) is 10. The molecule has 0 bridgehead atoms. The summed E-state index contributed by atoms with van der Waals surface area (Å²) in [6, 6.07) is 9.89. The van der Waals surface area contributed by atoms with Crippen molar-refractivity contribution in [1.29, 1.82) is 0 Å². The molecule has 39 heavy (non-hydrogen) atoms. The van der Waals surface area contributed by atoms with Crippen LogP contribution in [0.15, 0.2) is 50.4 Å². The molecule has 2 aromatic carbocycles. The fraction of sp³-hybridized carbons (Fsp3) is 0.259. The number of fused-ring (bicyclic) bond motifs is 1. The van der Waals surface area contributed by atoms with Gasteiger partial charge in [0.05, 0.1) is 39.5 Å². The molecule has 12 heteroatoms. The largest absolute Gasteiger partial charge is 0.465 e. The summed E-state index contributed by atoms with van der Waals surface area (Å²) in [5.41, 5.74) is 2.00. The van der Waals surface area contributed by atoms with E-state index in [1.165, 1.54) is 20.3 Å². The number of ether oxygens (including phenoxy) is 2. The lowest BCUT2D eigenvalue weighted by Crippen LogP contribution is -2.56. The molecule has 0 aromatic heterocycles. The lowest BCUT2D eigenvalue weighted by Gasteiger charge is -2.46. The Hall–Kier alpha value is -3.48. The highest BCUT2D eigenvalue weighted by Gasteiger charge is 2.47. The molecule has 1 amide bonds. The zero-order valence-electron chi connectivity index (χ0n) is 21.9. The summed E-state index contributed by atoms with van der Waals surface area (Å²) >= 11 is 8.12. The van der Waals surface area contributed by atoms with Gasteiger partial charge < -0.3 is 9.47 Å². The van der Waals surface area contributed by atoms with E-state index in [-0.39, 0.29) is 21.1 Å². The highest BCUT2D eigenvalue weighted by Crippen LogP contribution is 2.56. The van der Waals surface area contributed by atoms with Gasteiger partial charge in [-0.15, -0.1) is 0 Å². The van der Waals surface area contributed by atoms with Crippen LogP contribution in [0.2, 0.25) is 0 Å². The smallest absolute Gasteiger partial charge is 0.346 e. The second-order valence-corrected chi connectivity index (χ2v) is 12.0. The molecule has 0 unspecified atom stereocenters. The number of nitrogens with zero attached hydrogens (tertiary/aromatic N) is 2. The first kappa shape index (κ1) is 28.5. The van der Waals surface area contributed by atoms with E-state index in [9.17, 15) is 24.5 Å². The van der Waals surface area contributed by atoms with Crippen molar-refractivity contribution in [1.82, 2.24) is 0 Å². The Morgan fingerprint density at radius 1 is 0.974 bits per heavy atom. The minimum Gasteiger partial charge on any atom is -0.465 e. The molecule has 0 fully saturated rings. The number of carbonyl (C=O) groups is 3. The number of esters is 2. The van der Waals surface area contributed by atoms with Crippen molar-refractivity contribution in [2.24, 2.45) is 0 Å². The van der Waals surface area contributed by atoms with Crippen LogP contribution in [0.5, 0.6) is 0 Å². The van der Waals surface area contributed by atoms with Crippen molar-refractivity contribution in [3.63, 3.8) is 0 Å². The Bertz CT molecular complexity index is 1510. The number of thiocarbonyl (C=S) groups is 1. The summed E-state index contributed by atoms with van der Waals surface area (Å²) in [6.07, 6.45) is 0. The molecular weight excluding hydrogens is 561 g/mol. The van der Waals surface area contributed by atoms with Crippen LogP contribution in [0.3, 0.4) is 0 Å². The summed E-state index contributed by atoms with van der Waals surface area (Å²) in [5.74, 6) is -1.79. The van der Waals surface area contributed by atoms with Crippen LogP contribution in [-0.2, 0) is 19.1 Å². The maximum absolute atomic E-state index is 14.0. The molecule has 2 aliphatic rings. The third-order valence-electron chi connectivity index (χ3n) is 6.47. The molecule has 0 saturated carbocycles. The minimum atomic E-state index is -1.06. The van der Waals surface area contributed by atoms with E-state index in [0.717, 1.165) is 29.1 Å². The van der Waals surface area contributed by atoms with Crippen LogP contribution < -0.4 is 4.90 Å². The molecule has 0 spiro atoms. The Morgan fingerprint density at radius 2 is 1.56 bits per heavy atom. The van der Waals surface area contributed by atoms with Crippen LogP contribution >= 0.6 is 35.7 Å². The van der Waals surface area contributed by atoms with Gasteiger partial charge in [-0.1, -0.05) is 60.0 Å². The Balaban J connectivity index is 1.93. The summed E-state index contributed by atoms with van der Waals surface area (Å²) in [6.45, 7) is 7.06. The number of amides is 1. The summed E-state index contributed by atoms with van der Waals surface area (Å²) in [7, 11) is 2.46. The van der Waals surface area contributed by atoms with E-state index in [0.29, 0.717) is 31.5 Å². The number of aryl methyl sites for hydroxylation is 2. The number of para-hydroxylation sites is 1. The van der Waals surface area contributed by atoms with E-state index in [1.807, 2.05) is 25.1 Å². The van der Waals surface area contributed by atoms with Crippen LogP contribution in [0, 0.1) is 24.0 Å². The maximum Gasteiger partial charge on any atom is 0.346 e. The first-order chi connectivity index (χ1) is 18.3. The SMILES string of the molecule is COC(=O)C1=C(C(=O)OC)SC(=C2C(=S)C(C)(C)N(C(=O)c3ccc(C)c([N+](=O)[O-])c3)c3c(C)cccc32)S1. The number of nitro benzene ring substituents is 1. The van der Waals surface area contributed by atoms with Gasteiger partial charge in [-0.05, 0) is 39.3 Å². The van der Waals surface area contributed by atoms with Crippen molar-refractivity contribution in [3.8, 4) is 0 Å². The summed E-state index contributed by atoms with van der Waals surface area (Å²) in [4.78, 5) is 52.3. The van der Waals surface area contributed by atoms with E-state index in [2.05, 4.69) is 0 Å². The first-order valence-corrected chi connectivity index (χ1v) is 13.6. The van der Waals surface area contributed by atoms with E-state index < -0.39 is 28.3 Å². The molecule has 0 N–H and O–H groups in total. The molecule has 0 atom stereocenters. The van der Waals surface area contributed by atoms with Gasteiger partial charge in [0.1, 0.15) is 9.81 Å². The lowest BCUT2D eigenvalue weighted by molar-refractivity contribution is -0.385. The number of methoxy groups -OCH3 is 2. The molecule has 0 aliphatic carbocycles. The summed E-state index contributed by atoms with van der Waals surface area (Å²) in [5, 5.41) is 11.6. The van der Waals surface area contributed by atoms with Crippen LogP contribution in [-0.4, -0.2) is 47.4 Å². The zero-order valence-corrected chi connectivity index (χ0v) is 24.4. The molecule has 2 heterocycles. The van der Waals surface area contributed by atoms with Crippen LogP contribution in [0.25, 0.3) is 5.57 Å². The second-order valence-electron chi connectivity index (χ2n) is 9.27. The first-order valence-electron chi connectivity index (χ1n) is 11.6. The second kappa shape index (κ2) is 10.6. The van der Waals surface area contributed by atoms with E-state index >= 15 is 0 Å². The van der Waals surface area contributed by atoms with Crippen molar-refractivity contribution >= 4 is 75.4 Å². The third kappa shape index (κ3) is 4.77. The number of carbonyl (C=O) groups excluding carboxylic acids is 3. The van der Waals surface area contributed by atoms with Crippen molar-refractivity contribution in [2.45, 2.75) is 33.2 Å². The van der Waals surface area contributed by atoms with Gasteiger partial charge in [0.15, 0.2) is 0 Å². The van der Waals surface area contributed by atoms with E-state index in [1.54, 1.807) is 37.8 Å².